The van der Waals surface area contributed by atoms with Crippen molar-refractivity contribution in [3.05, 3.63) is 41.5 Å². The molecule has 0 bridgehead atoms. The number of hydrogen-bond acceptors (Lipinski definition) is 5. The van der Waals surface area contributed by atoms with Crippen LogP contribution >= 0.6 is 0 Å². The molecule has 0 saturated heterocycles. The third-order valence-electron chi connectivity index (χ3n) is 3.19. The molecule has 0 aliphatic heterocycles. The first-order chi connectivity index (χ1) is 10.6. The van der Waals surface area contributed by atoms with Gasteiger partial charge < -0.3 is 19.3 Å². The Balaban J connectivity index is 2.40. The lowest BCUT2D eigenvalue weighted by Gasteiger charge is -2.12. The van der Waals surface area contributed by atoms with Crippen LogP contribution in [0.1, 0.15) is 11.1 Å². The molecule has 0 saturated carbocycles. The molecule has 2 aromatic rings. The van der Waals surface area contributed by atoms with Gasteiger partial charge in [-0.15, -0.1) is 0 Å². The van der Waals surface area contributed by atoms with Crippen molar-refractivity contribution in [3.63, 3.8) is 0 Å². The van der Waals surface area contributed by atoms with Crippen LogP contribution in [0.5, 0.6) is 23.0 Å². The average molecular weight is 301 g/mol. The smallest absolute Gasteiger partial charge is 0.203 e. The second-order valence-corrected chi connectivity index (χ2v) is 4.70. The van der Waals surface area contributed by atoms with Crippen molar-refractivity contribution >= 4 is 11.9 Å². The zero-order chi connectivity index (χ0) is 16.1. The lowest BCUT2D eigenvalue weighted by Crippen LogP contribution is -1.94. The van der Waals surface area contributed by atoms with Gasteiger partial charge in [0.25, 0.3) is 0 Å². The Morgan fingerprint density at radius 3 is 2.14 bits per heavy atom. The molecule has 0 spiro atoms. The molecule has 2 rings (SSSR count). The van der Waals surface area contributed by atoms with Crippen LogP contribution in [0.3, 0.4) is 0 Å². The molecule has 0 heterocycles. The van der Waals surface area contributed by atoms with Crippen LogP contribution in [0.15, 0.2) is 35.3 Å². The largest absolute Gasteiger partial charge is 0.507 e. The van der Waals surface area contributed by atoms with Crippen molar-refractivity contribution < 1.29 is 19.3 Å². The van der Waals surface area contributed by atoms with Gasteiger partial charge in [-0.1, -0.05) is 11.6 Å². The number of ether oxygens (including phenoxy) is 3. The summed E-state index contributed by atoms with van der Waals surface area (Å²) >= 11 is 0. The summed E-state index contributed by atoms with van der Waals surface area (Å²) in [7, 11) is 4.66. The minimum absolute atomic E-state index is 0.182. The van der Waals surface area contributed by atoms with E-state index in [-0.39, 0.29) is 5.75 Å². The molecular formula is C17H19NO4. The minimum atomic E-state index is 0.182. The van der Waals surface area contributed by atoms with Crippen molar-refractivity contribution in [3.8, 4) is 23.0 Å². The monoisotopic (exact) mass is 301 g/mol. The van der Waals surface area contributed by atoms with Gasteiger partial charge in [0.05, 0.1) is 27.0 Å². The topological polar surface area (TPSA) is 60.3 Å². The Labute approximate surface area is 129 Å². The van der Waals surface area contributed by atoms with Gasteiger partial charge in [-0.05, 0) is 19.1 Å². The summed E-state index contributed by atoms with van der Waals surface area (Å²) in [5.41, 5.74) is 2.33. The summed E-state index contributed by atoms with van der Waals surface area (Å²) in [4.78, 5) is 4.37. The van der Waals surface area contributed by atoms with Crippen LogP contribution in [-0.2, 0) is 0 Å². The van der Waals surface area contributed by atoms with Crippen LogP contribution in [0.25, 0.3) is 0 Å². The Morgan fingerprint density at radius 2 is 1.59 bits per heavy atom. The first kappa shape index (κ1) is 15.7. The maximum Gasteiger partial charge on any atom is 0.203 e. The molecule has 0 aliphatic carbocycles. The maximum absolute atomic E-state index is 9.84. The Bertz CT molecular complexity index is 670. The summed E-state index contributed by atoms with van der Waals surface area (Å²) in [5, 5.41) is 9.84. The van der Waals surface area contributed by atoms with E-state index < -0.39 is 0 Å². The highest BCUT2D eigenvalue weighted by atomic mass is 16.5. The van der Waals surface area contributed by atoms with Crippen LogP contribution in [0, 0.1) is 6.92 Å². The number of phenolic OH excluding ortho intramolecular Hbond substituents is 1. The van der Waals surface area contributed by atoms with Gasteiger partial charge in [-0.2, -0.15) is 0 Å². The SMILES string of the molecule is COc1cc(/N=C/c2cc(C)ccc2O)cc(OC)c1OC. The van der Waals surface area contributed by atoms with Gasteiger partial charge in [0.15, 0.2) is 11.5 Å². The van der Waals surface area contributed by atoms with E-state index in [4.69, 9.17) is 14.2 Å². The number of phenols is 1. The summed E-state index contributed by atoms with van der Waals surface area (Å²) in [6.07, 6.45) is 1.60. The van der Waals surface area contributed by atoms with Crippen molar-refractivity contribution in [1.82, 2.24) is 0 Å². The molecule has 0 amide bonds. The third-order valence-corrected chi connectivity index (χ3v) is 3.19. The molecule has 116 valence electrons. The molecule has 5 nitrogen and oxygen atoms in total. The fourth-order valence-corrected chi connectivity index (χ4v) is 2.06. The second-order valence-electron chi connectivity index (χ2n) is 4.70. The van der Waals surface area contributed by atoms with Gasteiger partial charge in [0.2, 0.25) is 5.75 Å². The quantitative estimate of drug-likeness (QED) is 0.859. The highest BCUT2D eigenvalue weighted by molar-refractivity contribution is 5.86. The standard InChI is InChI=1S/C17H19NO4/c1-11-5-6-14(19)12(7-11)10-18-13-8-15(20-2)17(22-4)16(9-13)21-3/h5-10,19H,1-4H3/b18-10+. The van der Waals surface area contributed by atoms with Gasteiger partial charge in [0.1, 0.15) is 5.75 Å². The van der Waals surface area contributed by atoms with Crippen molar-refractivity contribution in [2.75, 3.05) is 21.3 Å². The number of benzene rings is 2. The van der Waals surface area contributed by atoms with E-state index in [9.17, 15) is 5.11 Å². The predicted octanol–water partition coefficient (Wildman–Crippen LogP) is 3.48. The van der Waals surface area contributed by atoms with E-state index in [1.807, 2.05) is 19.1 Å². The van der Waals surface area contributed by atoms with Crippen molar-refractivity contribution in [2.24, 2.45) is 4.99 Å². The Morgan fingerprint density at radius 1 is 0.955 bits per heavy atom. The lowest BCUT2D eigenvalue weighted by atomic mass is 10.1. The minimum Gasteiger partial charge on any atom is -0.507 e. The summed E-state index contributed by atoms with van der Waals surface area (Å²) in [5.74, 6) is 1.76. The number of aromatic hydroxyl groups is 1. The molecule has 2 aromatic carbocycles. The van der Waals surface area contributed by atoms with Crippen molar-refractivity contribution in [2.45, 2.75) is 6.92 Å². The van der Waals surface area contributed by atoms with E-state index in [2.05, 4.69) is 4.99 Å². The third kappa shape index (κ3) is 3.31. The summed E-state index contributed by atoms with van der Waals surface area (Å²) in [6.45, 7) is 1.95. The second kappa shape index (κ2) is 6.85. The first-order valence-electron chi connectivity index (χ1n) is 6.72. The summed E-state index contributed by atoms with van der Waals surface area (Å²) in [6, 6.07) is 8.82. The number of aryl methyl sites for hydroxylation is 1. The van der Waals surface area contributed by atoms with Gasteiger partial charge in [-0.25, -0.2) is 0 Å². The predicted molar refractivity (Wildman–Crippen MR) is 86.2 cm³/mol. The highest BCUT2D eigenvalue weighted by Crippen LogP contribution is 2.40. The number of hydrogen-bond donors (Lipinski definition) is 1. The highest BCUT2D eigenvalue weighted by Gasteiger charge is 2.12. The van der Waals surface area contributed by atoms with E-state index >= 15 is 0 Å². The van der Waals surface area contributed by atoms with Gasteiger partial charge >= 0.3 is 0 Å². The average Bonchev–Trinajstić information content (AvgIpc) is 2.54. The fourth-order valence-electron chi connectivity index (χ4n) is 2.06. The van der Waals surface area contributed by atoms with Gasteiger partial charge in [-0.3, -0.25) is 4.99 Å². The number of methoxy groups -OCH3 is 3. The molecule has 22 heavy (non-hydrogen) atoms. The molecule has 0 aliphatic rings. The first-order valence-corrected chi connectivity index (χ1v) is 6.72. The number of nitrogens with zero attached hydrogens (tertiary/aromatic N) is 1. The number of rotatable bonds is 5. The zero-order valence-electron chi connectivity index (χ0n) is 13.1. The van der Waals surface area contributed by atoms with Crippen LogP contribution in [0.4, 0.5) is 5.69 Å². The molecule has 5 heteroatoms. The van der Waals surface area contributed by atoms with Crippen LogP contribution in [0.2, 0.25) is 0 Å². The molecule has 0 unspecified atom stereocenters. The molecule has 1 N–H and O–H groups in total. The normalized spacial score (nSPS) is 10.7. The number of aliphatic imine (C=N–C) groups is 1. The molecule has 0 atom stereocenters. The zero-order valence-corrected chi connectivity index (χ0v) is 13.1. The summed E-state index contributed by atoms with van der Waals surface area (Å²) < 4.78 is 15.8. The molecule has 0 radical (unpaired) electrons. The van der Waals surface area contributed by atoms with Crippen LogP contribution in [-0.4, -0.2) is 32.7 Å². The molecule has 0 aromatic heterocycles. The Kier molecular flexibility index (Phi) is 4.88. The van der Waals surface area contributed by atoms with E-state index in [1.54, 1.807) is 45.7 Å². The fraction of sp³-hybridized carbons (Fsp3) is 0.235. The maximum atomic E-state index is 9.84. The molecular weight excluding hydrogens is 282 g/mol. The lowest BCUT2D eigenvalue weighted by molar-refractivity contribution is 0.324. The Hall–Kier alpha value is -2.69. The van der Waals surface area contributed by atoms with Gasteiger partial charge in [0, 0.05) is 23.9 Å². The van der Waals surface area contributed by atoms with E-state index in [0.29, 0.717) is 28.5 Å². The molecule has 0 fully saturated rings. The van der Waals surface area contributed by atoms with Crippen molar-refractivity contribution in [1.29, 1.82) is 0 Å². The van der Waals surface area contributed by atoms with E-state index in [1.165, 1.54) is 0 Å². The van der Waals surface area contributed by atoms with Crippen LogP contribution < -0.4 is 14.2 Å². The van der Waals surface area contributed by atoms with E-state index in [0.717, 1.165) is 5.56 Å².